The quantitative estimate of drug-likeness (QED) is 0.847. The van der Waals surface area contributed by atoms with Crippen molar-refractivity contribution in [3.05, 3.63) is 21.5 Å². The number of nitrogens with zero attached hydrogens (tertiary/aromatic N) is 3. The van der Waals surface area contributed by atoms with Crippen molar-refractivity contribution in [2.24, 2.45) is 4.99 Å². The van der Waals surface area contributed by atoms with E-state index in [-0.39, 0.29) is 28.1 Å². The molecule has 0 fully saturated rings. The Hall–Kier alpha value is -1.59. The largest absolute Gasteiger partial charge is 0.418 e. The fourth-order valence-electron chi connectivity index (χ4n) is 1.18. The van der Waals surface area contributed by atoms with Crippen LogP contribution < -0.4 is 11.1 Å². The molecule has 0 aromatic rings. The first-order chi connectivity index (χ1) is 7.77. The predicted molar refractivity (Wildman–Crippen MR) is 60.3 cm³/mol. The SMILES string of the molecule is CSC/N=c1\oc2ns[nH]c(=O)c-2c1C#N. The molecule has 0 radical (unpaired) electrons. The van der Waals surface area contributed by atoms with Gasteiger partial charge in [-0.2, -0.15) is 5.26 Å². The van der Waals surface area contributed by atoms with Crippen LogP contribution in [0.15, 0.2) is 14.2 Å². The lowest BCUT2D eigenvalue weighted by Gasteiger charge is -1.88. The Morgan fingerprint density at radius 2 is 2.56 bits per heavy atom. The van der Waals surface area contributed by atoms with Crippen molar-refractivity contribution in [2.45, 2.75) is 0 Å². The van der Waals surface area contributed by atoms with E-state index in [1.807, 2.05) is 12.3 Å². The summed E-state index contributed by atoms with van der Waals surface area (Å²) in [6.45, 7) is 0. The molecule has 8 heteroatoms. The van der Waals surface area contributed by atoms with Crippen molar-refractivity contribution in [1.82, 2.24) is 8.75 Å². The number of hydrogen-bond acceptors (Lipinski definition) is 7. The molecule has 0 aliphatic carbocycles. The lowest BCUT2D eigenvalue weighted by atomic mass is 10.2. The number of hydrogen-bond donors (Lipinski definition) is 1. The number of furan rings is 1. The molecule has 0 amide bonds. The Morgan fingerprint density at radius 1 is 1.75 bits per heavy atom. The number of nitrogens with one attached hydrogen (secondary N) is 1. The highest BCUT2D eigenvalue weighted by molar-refractivity contribution is 7.98. The first kappa shape index (κ1) is 10.9. The van der Waals surface area contributed by atoms with Gasteiger partial charge in [0.15, 0.2) is 0 Å². The van der Waals surface area contributed by atoms with Gasteiger partial charge in [-0.15, -0.1) is 16.1 Å². The van der Waals surface area contributed by atoms with Crippen molar-refractivity contribution in [3.63, 3.8) is 0 Å². The molecule has 0 unspecified atom stereocenters. The number of thioether (sulfide) groups is 1. The predicted octanol–water partition coefficient (Wildman–Crippen LogP) is 0.622. The highest BCUT2D eigenvalue weighted by Crippen LogP contribution is 2.17. The summed E-state index contributed by atoms with van der Waals surface area (Å²) in [7, 11) is 0. The maximum absolute atomic E-state index is 11.5. The summed E-state index contributed by atoms with van der Waals surface area (Å²) in [5, 5.41) is 8.98. The fraction of sp³-hybridized carbons (Fsp3) is 0.250. The normalized spacial score (nSPS) is 11.9. The standard InChI is InChI=1S/C8H6N4O2S2/c1-15-3-10-7-4(2-9)5-6(13)11-16-12-8(5)14-7/h3H2,1H3,(H,11,13)/b10-7-. The van der Waals surface area contributed by atoms with Crippen molar-refractivity contribution < 1.29 is 4.42 Å². The molecule has 82 valence electrons. The first-order valence-electron chi connectivity index (χ1n) is 4.18. The molecular formula is C8H6N4O2S2. The number of H-pyrrole nitrogens is 1. The van der Waals surface area contributed by atoms with Gasteiger partial charge in [-0.3, -0.25) is 9.17 Å². The molecule has 16 heavy (non-hydrogen) atoms. The summed E-state index contributed by atoms with van der Waals surface area (Å²) in [4.78, 5) is 15.6. The minimum Gasteiger partial charge on any atom is -0.418 e. The van der Waals surface area contributed by atoms with E-state index in [1.54, 1.807) is 0 Å². The van der Waals surface area contributed by atoms with Crippen LogP contribution in [0.2, 0.25) is 0 Å². The van der Waals surface area contributed by atoms with Crippen molar-refractivity contribution in [3.8, 4) is 17.5 Å². The van der Waals surface area contributed by atoms with E-state index in [0.29, 0.717) is 5.88 Å². The zero-order valence-electron chi connectivity index (χ0n) is 8.18. The molecular weight excluding hydrogens is 248 g/mol. The summed E-state index contributed by atoms with van der Waals surface area (Å²) in [6.07, 6.45) is 1.88. The third kappa shape index (κ3) is 1.75. The highest BCUT2D eigenvalue weighted by Gasteiger charge is 2.21. The summed E-state index contributed by atoms with van der Waals surface area (Å²) in [5.41, 5.74) is 0.107. The highest BCUT2D eigenvalue weighted by atomic mass is 32.2. The number of nitriles is 1. The lowest BCUT2D eigenvalue weighted by Crippen LogP contribution is -2.10. The van der Waals surface area contributed by atoms with Crippen LogP contribution in [0.4, 0.5) is 0 Å². The first-order valence-corrected chi connectivity index (χ1v) is 6.35. The van der Waals surface area contributed by atoms with Crippen molar-refractivity contribution in [2.75, 3.05) is 12.1 Å². The minimum absolute atomic E-state index is 0.144. The Bertz CT molecular complexity index is 633. The van der Waals surface area contributed by atoms with E-state index in [2.05, 4.69) is 13.7 Å². The van der Waals surface area contributed by atoms with Gasteiger partial charge in [-0.25, -0.2) is 4.99 Å². The Balaban J connectivity index is 2.78. The van der Waals surface area contributed by atoms with Crippen LogP contribution in [0.1, 0.15) is 5.56 Å². The van der Waals surface area contributed by atoms with Gasteiger partial charge in [-0.05, 0) is 6.26 Å². The van der Waals surface area contributed by atoms with Gasteiger partial charge in [0.1, 0.15) is 17.2 Å². The minimum atomic E-state index is -0.374. The zero-order chi connectivity index (χ0) is 11.5. The average molecular weight is 254 g/mol. The smallest absolute Gasteiger partial charge is 0.272 e. The number of aromatic nitrogens is 2. The summed E-state index contributed by atoms with van der Waals surface area (Å²) >= 11 is 2.37. The van der Waals surface area contributed by atoms with Crippen molar-refractivity contribution >= 4 is 23.5 Å². The Morgan fingerprint density at radius 3 is 3.25 bits per heavy atom. The topological polar surface area (TPSA) is 95.0 Å². The second-order valence-corrected chi connectivity index (χ2v) is 4.17. The lowest BCUT2D eigenvalue weighted by molar-refractivity contribution is 0.514. The maximum atomic E-state index is 11.5. The molecule has 0 saturated carbocycles. The van der Waals surface area contributed by atoms with Gasteiger partial charge in [-0.1, -0.05) is 0 Å². The number of rotatable bonds is 2. The molecule has 2 heterocycles. The molecule has 0 aromatic carbocycles. The van der Waals surface area contributed by atoms with Gasteiger partial charge in [0, 0.05) is 11.7 Å². The third-order valence-corrected chi connectivity index (χ3v) is 2.74. The number of fused-ring (bicyclic) bond motifs is 1. The van der Waals surface area contributed by atoms with Crippen LogP contribution in [0.3, 0.4) is 0 Å². The average Bonchev–Trinajstić information content (AvgIpc) is 2.65. The second-order valence-electron chi connectivity index (χ2n) is 2.76. The van der Waals surface area contributed by atoms with Gasteiger partial charge >= 0.3 is 0 Å². The van der Waals surface area contributed by atoms with E-state index < -0.39 is 0 Å². The molecule has 0 saturated heterocycles. The Labute approximate surface area is 98.3 Å². The molecule has 1 N–H and O–H groups in total. The van der Waals surface area contributed by atoms with Crippen LogP contribution in [-0.2, 0) is 0 Å². The third-order valence-electron chi connectivity index (χ3n) is 1.81. The molecule has 0 aromatic heterocycles. The summed E-state index contributed by atoms with van der Waals surface area (Å²) in [6, 6.07) is 1.92. The van der Waals surface area contributed by atoms with Crippen LogP contribution >= 0.6 is 23.5 Å². The molecule has 2 aliphatic heterocycles. The fourth-order valence-corrected chi connectivity index (χ4v) is 1.87. The van der Waals surface area contributed by atoms with Crippen LogP contribution in [0, 0.1) is 11.3 Å². The van der Waals surface area contributed by atoms with Gasteiger partial charge in [0.25, 0.3) is 5.56 Å². The number of aromatic amines is 1. The van der Waals surface area contributed by atoms with Gasteiger partial charge in [0.05, 0.1) is 5.88 Å². The molecule has 2 rings (SSSR count). The maximum Gasteiger partial charge on any atom is 0.272 e. The van der Waals surface area contributed by atoms with Gasteiger partial charge in [0.2, 0.25) is 11.4 Å². The van der Waals surface area contributed by atoms with E-state index in [9.17, 15) is 4.79 Å². The molecule has 6 nitrogen and oxygen atoms in total. The monoisotopic (exact) mass is 254 g/mol. The summed E-state index contributed by atoms with van der Waals surface area (Å²) in [5.74, 6) is 0.626. The van der Waals surface area contributed by atoms with Crippen LogP contribution in [0.5, 0.6) is 0 Å². The van der Waals surface area contributed by atoms with E-state index in [1.165, 1.54) is 11.8 Å². The molecule has 2 aliphatic rings. The molecule has 0 atom stereocenters. The zero-order valence-corrected chi connectivity index (χ0v) is 9.81. The van der Waals surface area contributed by atoms with E-state index in [4.69, 9.17) is 9.68 Å². The molecule has 0 bridgehead atoms. The molecule has 0 spiro atoms. The van der Waals surface area contributed by atoms with Crippen molar-refractivity contribution in [1.29, 1.82) is 5.26 Å². The Kier molecular flexibility index (Phi) is 3.07. The van der Waals surface area contributed by atoms with E-state index >= 15 is 0 Å². The van der Waals surface area contributed by atoms with Crippen LogP contribution in [-0.4, -0.2) is 20.9 Å². The van der Waals surface area contributed by atoms with Crippen LogP contribution in [0.25, 0.3) is 11.5 Å². The van der Waals surface area contributed by atoms with Gasteiger partial charge < -0.3 is 4.42 Å². The second kappa shape index (κ2) is 4.51. The summed E-state index contributed by atoms with van der Waals surface area (Å²) < 4.78 is 11.6. The van der Waals surface area contributed by atoms with E-state index in [0.717, 1.165) is 11.7 Å².